The number of amides is 3. The van der Waals surface area contributed by atoms with Crippen LogP contribution in [0.15, 0.2) is 54.6 Å². The molecular formula is C27H35N3O4S. The Morgan fingerprint density at radius 2 is 1.71 bits per heavy atom. The number of carbonyl (C=O) groups is 3. The zero-order valence-corrected chi connectivity index (χ0v) is 21.4. The first-order chi connectivity index (χ1) is 16.7. The van der Waals surface area contributed by atoms with Crippen LogP contribution < -0.4 is 10.6 Å². The molecule has 1 aliphatic rings. The van der Waals surface area contributed by atoms with E-state index in [1.165, 1.54) is 7.05 Å². The van der Waals surface area contributed by atoms with Crippen molar-refractivity contribution in [3.63, 3.8) is 0 Å². The Kier molecular flexibility index (Phi) is 9.20. The summed E-state index contributed by atoms with van der Waals surface area (Å²) >= 11 is 4.52. The zero-order valence-electron chi connectivity index (χ0n) is 20.5. The van der Waals surface area contributed by atoms with Crippen LogP contribution >= 0.6 is 12.6 Å². The van der Waals surface area contributed by atoms with Crippen molar-refractivity contribution in [2.24, 2.45) is 11.8 Å². The molecule has 0 aliphatic carbocycles. The van der Waals surface area contributed by atoms with Crippen molar-refractivity contribution < 1.29 is 19.5 Å². The van der Waals surface area contributed by atoms with Gasteiger partial charge in [0.1, 0.15) is 17.8 Å². The van der Waals surface area contributed by atoms with Crippen LogP contribution in [0, 0.1) is 11.8 Å². The topological polar surface area (TPSA) is 98.7 Å². The highest BCUT2D eigenvalue weighted by Gasteiger charge is 2.44. The number of nitrogens with one attached hydrogen (secondary N) is 2. The summed E-state index contributed by atoms with van der Waals surface area (Å²) < 4.78 is 0. The highest BCUT2D eigenvalue weighted by atomic mass is 32.1. The summed E-state index contributed by atoms with van der Waals surface area (Å²) in [6, 6.07) is 14.9. The van der Waals surface area contributed by atoms with Crippen molar-refractivity contribution in [3.8, 4) is 5.75 Å². The molecule has 0 spiro atoms. The average Bonchev–Trinajstić information content (AvgIpc) is 3.27. The van der Waals surface area contributed by atoms with Crippen LogP contribution in [0.3, 0.4) is 0 Å². The predicted molar refractivity (Wildman–Crippen MR) is 139 cm³/mol. The number of likely N-dealkylation sites (tertiary alicyclic amines) is 1. The number of phenolic OH excluding ortho intramolecular Hbond substituents is 1. The van der Waals surface area contributed by atoms with Crippen LogP contribution in [0.1, 0.15) is 31.4 Å². The molecule has 4 atom stereocenters. The van der Waals surface area contributed by atoms with Crippen molar-refractivity contribution in [2.45, 2.75) is 50.4 Å². The predicted octanol–water partition coefficient (Wildman–Crippen LogP) is 2.58. The summed E-state index contributed by atoms with van der Waals surface area (Å²) in [6.07, 6.45) is 1.61. The van der Waals surface area contributed by atoms with Gasteiger partial charge in [0.25, 0.3) is 0 Å². The van der Waals surface area contributed by atoms with Crippen molar-refractivity contribution in [2.75, 3.05) is 13.6 Å². The minimum Gasteiger partial charge on any atom is -0.508 e. The standard InChI is InChI=1S/C27H35N3O4S/c1-17(2)24(35)27(34)30-14-13-20(15-18-7-5-4-6-8-18)23(30)26(33)29-22(25(32)28-3)16-19-9-11-21(31)12-10-19/h4-12,17,20,22-24,31,35H,13-16H2,1-3H3,(H,28,32)(H,29,33)/t20-,22+,23+,24-/m1/s1. The largest absolute Gasteiger partial charge is 0.508 e. The van der Waals surface area contributed by atoms with Crippen molar-refractivity contribution in [1.29, 1.82) is 0 Å². The lowest BCUT2D eigenvalue weighted by atomic mass is 9.91. The van der Waals surface area contributed by atoms with E-state index >= 15 is 0 Å². The second-order valence-electron chi connectivity index (χ2n) is 9.45. The lowest BCUT2D eigenvalue weighted by Crippen LogP contribution is -2.56. The number of benzene rings is 2. The Labute approximate surface area is 212 Å². The quantitative estimate of drug-likeness (QED) is 0.400. The van der Waals surface area contributed by atoms with E-state index in [0.717, 1.165) is 11.1 Å². The highest BCUT2D eigenvalue weighted by Crippen LogP contribution is 2.30. The fourth-order valence-electron chi connectivity index (χ4n) is 4.55. The van der Waals surface area contributed by atoms with E-state index in [2.05, 4.69) is 23.3 Å². The summed E-state index contributed by atoms with van der Waals surface area (Å²) in [6.45, 7) is 4.34. The van der Waals surface area contributed by atoms with Gasteiger partial charge in [-0.05, 0) is 47.9 Å². The van der Waals surface area contributed by atoms with Crippen LogP contribution in [0.25, 0.3) is 0 Å². The first-order valence-corrected chi connectivity index (χ1v) is 12.5. The molecule has 8 heteroatoms. The summed E-state index contributed by atoms with van der Waals surface area (Å²) in [4.78, 5) is 41.2. The molecule has 2 aromatic rings. The van der Waals surface area contributed by atoms with Crippen LogP contribution in [0.4, 0.5) is 0 Å². The van der Waals surface area contributed by atoms with Gasteiger partial charge < -0.3 is 20.6 Å². The molecular weight excluding hydrogens is 462 g/mol. The van der Waals surface area contributed by atoms with Gasteiger partial charge in [0, 0.05) is 20.0 Å². The molecule has 0 aromatic heterocycles. The number of hydrogen-bond donors (Lipinski definition) is 4. The number of rotatable bonds is 9. The monoisotopic (exact) mass is 497 g/mol. The minimum atomic E-state index is -0.816. The highest BCUT2D eigenvalue weighted by molar-refractivity contribution is 7.81. The lowest BCUT2D eigenvalue weighted by molar-refractivity contribution is -0.140. The first-order valence-electron chi connectivity index (χ1n) is 12.0. The van der Waals surface area contributed by atoms with Gasteiger partial charge in [-0.2, -0.15) is 12.6 Å². The van der Waals surface area contributed by atoms with Crippen molar-refractivity contribution in [3.05, 3.63) is 65.7 Å². The van der Waals surface area contributed by atoms with Gasteiger partial charge in [-0.3, -0.25) is 14.4 Å². The molecule has 0 bridgehead atoms. The molecule has 1 aliphatic heterocycles. The summed E-state index contributed by atoms with van der Waals surface area (Å²) in [7, 11) is 1.52. The maximum absolute atomic E-state index is 13.7. The van der Waals surface area contributed by atoms with Crippen molar-refractivity contribution in [1.82, 2.24) is 15.5 Å². The fourth-order valence-corrected chi connectivity index (χ4v) is 4.70. The van der Waals surface area contributed by atoms with E-state index in [-0.39, 0.29) is 41.7 Å². The Balaban J connectivity index is 1.85. The van der Waals surface area contributed by atoms with Gasteiger partial charge in [0.2, 0.25) is 17.7 Å². The normalized spacial score (nSPS) is 19.3. The van der Waals surface area contributed by atoms with Crippen molar-refractivity contribution >= 4 is 30.4 Å². The van der Waals surface area contributed by atoms with Gasteiger partial charge >= 0.3 is 0 Å². The molecule has 188 valence electrons. The molecule has 3 rings (SSSR count). The Morgan fingerprint density at radius 3 is 2.31 bits per heavy atom. The van der Waals surface area contributed by atoms with E-state index in [9.17, 15) is 19.5 Å². The average molecular weight is 498 g/mol. The number of nitrogens with zero attached hydrogens (tertiary/aromatic N) is 1. The number of thiol groups is 1. The van der Waals surface area contributed by atoms with E-state index in [1.807, 2.05) is 44.2 Å². The van der Waals surface area contributed by atoms with E-state index in [1.54, 1.807) is 29.2 Å². The van der Waals surface area contributed by atoms with E-state index < -0.39 is 17.3 Å². The molecule has 2 aromatic carbocycles. The minimum absolute atomic E-state index is 0.0239. The molecule has 1 saturated heterocycles. The molecule has 1 heterocycles. The fraction of sp³-hybridized carbons (Fsp3) is 0.444. The Bertz CT molecular complexity index is 1010. The molecule has 3 amide bonds. The second kappa shape index (κ2) is 12.1. The van der Waals surface area contributed by atoms with Gasteiger partial charge in [0.15, 0.2) is 0 Å². The molecule has 7 nitrogen and oxygen atoms in total. The Hall–Kier alpha value is -3.00. The summed E-state index contributed by atoms with van der Waals surface area (Å²) in [5.74, 6) is -0.743. The number of carbonyl (C=O) groups excluding carboxylic acids is 3. The lowest BCUT2D eigenvalue weighted by Gasteiger charge is -2.31. The smallest absolute Gasteiger partial charge is 0.243 e. The number of aromatic hydroxyl groups is 1. The maximum atomic E-state index is 13.7. The van der Waals surface area contributed by atoms with Gasteiger partial charge in [-0.15, -0.1) is 0 Å². The SMILES string of the molecule is CNC(=O)[C@H](Cc1ccc(O)cc1)NC(=O)[C@@H]1[C@@H](Cc2ccccc2)CCN1C(=O)[C@H](S)C(C)C. The van der Waals surface area contributed by atoms with Gasteiger partial charge in [-0.25, -0.2) is 0 Å². The Morgan fingerprint density at radius 1 is 1.06 bits per heavy atom. The third-order valence-electron chi connectivity index (χ3n) is 6.56. The molecule has 35 heavy (non-hydrogen) atoms. The third-order valence-corrected chi connectivity index (χ3v) is 7.37. The number of hydrogen-bond acceptors (Lipinski definition) is 5. The summed E-state index contributed by atoms with van der Waals surface area (Å²) in [5.41, 5.74) is 1.90. The molecule has 0 unspecified atom stereocenters. The van der Waals surface area contributed by atoms with Gasteiger partial charge in [-0.1, -0.05) is 56.3 Å². The maximum Gasteiger partial charge on any atom is 0.243 e. The van der Waals surface area contributed by atoms with Crippen LogP contribution in [-0.4, -0.2) is 58.7 Å². The second-order valence-corrected chi connectivity index (χ2v) is 10.0. The van der Waals surface area contributed by atoms with E-state index in [4.69, 9.17) is 0 Å². The number of likely N-dealkylation sites (N-methyl/N-ethyl adjacent to an activating group) is 1. The first kappa shape index (κ1) is 26.6. The molecule has 1 fully saturated rings. The number of phenols is 1. The van der Waals surface area contributed by atoms with Crippen LogP contribution in [0.2, 0.25) is 0 Å². The van der Waals surface area contributed by atoms with Crippen LogP contribution in [-0.2, 0) is 27.2 Å². The molecule has 3 N–H and O–H groups in total. The molecule has 0 saturated carbocycles. The van der Waals surface area contributed by atoms with Gasteiger partial charge in [0.05, 0.1) is 5.25 Å². The summed E-state index contributed by atoms with van der Waals surface area (Å²) in [5, 5.41) is 14.6. The third kappa shape index (κ3) is 6.78. The van der Waals surface area contributed by atoms with E-state index in [0.29, 0.717) is 19.4 Å². The molecule has 0 radical (unpaired) electrons. The zero-order chi connectivity index (χ0) is 25.5. The van der Waals surface area contributed by atoms with Crippen LogP contribution in [0.5, 0.6) is 5.75 Å².